The van der Waals surface area contributed by atoms with Crippen molar-refractivity contribution in [2.24, 2.45) is 7.05 Å². The molecule has 0 radical (unpaired) electrons. The second-order valence-corrected chi connectivity index (χ2v) is 7.02. The highest BCUT2D eigenvalue weighted by Gasteiger charge is 2.28. The van der Waals surface area contributed by atoms with Crippen LogP contribution in [0.2, 0.25) is 0 Å². The number of nitrogens with zero attached hydrogens (tertiary/aromatic N) is 3. The minimum Gasteiger partial charge on any atom is -0.281 e. The van der Waals surface area contributed by atoms with Crippen LogP contribution in [0.15, 0.2) is 23.5 Å². The van der Waals surface area contributed by atoms with E-state index in [1.165, 1.54) is 17.1 Å². The summed E-state index contributed by atoms with van der Waals surface area (Å²) < 4.78 is 28.7. The summed E-state index contributed by atoms with van der Waals surface area (Å²) in [4.78, 5) is 0.156. The van der Waals surface area contributed by atoms with Crippen LogP contribution in [0.5, 0.6) is 0 Å². The Morgan fingerprint density at radius 3 is 2.53 bits per heavy atom. The van der Waals surface area contributed by atoms with E-state index in [0.29, 0.717) is 11.4 Å². The van der Waals surface area contributed by atoms with Crippen molar-refractivity contribution in [2.75, 3.05) is 4.72 Å². The van der Waals surface area contributed by atoms with Crippen LogP contribution >= 0.6 is 0 Å². The van der Waals surface area contributed by atoms with E-state index in [-0.39, 0.29) is 10.3 Å². The average molecular weight is 283 g/mol. The maximum atomic E-state index is 12.3. The molecule has 0 unspecified atom stereocenters. The van der Waals surface area contributed by atoms with Crippen molar-refractivity contribution in [3.05, 3.63) is 24.3 Å². The van der Waals surface area contributed by atoms with E-state index in [1.54, 1.807) is 13.2 Å². The molecule has 0 fully saturated rings. The molecule has 104 valence electrons. The largest absolute Gasteiger partial charge is 0.281 e. The fourth-order valence-electron chi connectivity index (χ4n) is 1.70. The summed E-state index contributed by atoms with van der Waals surface area (Å²) in [5.74, 6) is 0. The molecule has 0 aliphatic heterocycles. The van der Waals surface area contributed by atoms with Gasteiger partial charge in [0, 0.05) is 18.7 Å². The maximum Gasteiger partial charge on any atom is 0.265 e. The van der Waals surface area contributed by atoms with Gasteiger partial charge in [0.25, 0.3) is 10.0 Å². The number of hydrogen-bond donors (Lipinski definition) is 2. The standard InChI is InChI=1S/C11H17N5O2S/c1-11(2,3)10-9(6-12-14-10)19(17,18)15-8-5-13-16(4)7-8/h5-7,15H,1-4H3,(H,12,14). The van der Waals surface area contributed by atoms with Gasteiger partial charge < -0.3 is 0 Å². The summed E-state index contributed by atoms with van der Waals surface area (Å²) in [6, 6.07) is 0. The molecule has 0 aliphatic rings. The molecule has 2 rings (SSSR count). The van der Waals surface area contributed by atoms with Crippen molar-refractivity contribution in [2.45, 2.75) is 31.1 Å². The fraction of sp³-hybridized carbons (Fsp3) is 0.455. The van der Waals surface area contributed by atoms with Gasteiger partial charge in [0.05, 0.1) is 23.8 Å². The number of aromatic amines is 1. The molecule has 2 aromatic heterocycles. The van der Waals surface area contributed by atoms with Crippen LogP contribution in [0, 0.1) is 0 Å². The van der Waals surface area contributed by atoms with Gasteiger partial charge in [-0.1, -0.05) is 20.8 Å². The van der Waals surface area contributed by atoms with Crippen LogP contribution in [0.4, 0.5) is 5.69 Å². The lowest BCUT2D eigenvalue weighted by Gasteiger charge is -2.18. The number of sulfonamides is 1. The number of hydrogen-bond acceptors (Lipinski definition) is 4. The molecular weight excluding hydrogens is 266 g/mol. The maximum absolute atomic E-state index is 12.3. The highest BCUT2D eigenvalue weighted by molar-refractivity contribution is 7.92. The van der Waals surface area contributed by atoms with E-state index in [1.807, 2.05) is 20.8 Å². The fourth-order valence-corrected chi connectivity index (χ4v) is 3.04. The molecular formula is C11H17N5O2S. The minimum absolute atomic E-state index is 0.156. The second kappa shape index (κ2) is 4.37. The van der Waals surface area contributed by atoms with E-state index in [9.17, 15) is 8.42 Å². The summed E-state index contributed by atoms with van der Waals surface area (Å²) in [7, 11) is -1.95. The Hall–Kier alpha value is -1.83. The van der Waals surface area contributed by atoms with Crippen molar-refractivity contribution in [3.8, 4) is 0 Å². The Balaban J connectivity index is 2.38. The molecule has 2 aromatic rings. The van der Waals surface area contributed by atoms with Crippen molar-refractivity contribution < 1.29 is 8.42 Å². The first-order valence-corrected chi connectivity index (χ1v) is 7.24. The topological polar surface area (TPSA) is 92.7 Å². The van der Waals surface area contributed by atoms with Gasteiger partial charge >= 0.3 is 0 Å². The molecule has 7 nitrogen and oxygen atoms in total. The van der Waals surface area contributed by atoms with Gasteiger partial charge in [-0.3, -0.25) is 14.5 Å². The average Bonchev–Trinajstić information content (AvgIpc) is 2.85. The summed E-state index contributed by atoms with van der Waals surface area (Å²) in [5, 5.41) is 10.5. The Kier molecular flexibility index (Phi) is 3.13. The monoisotopic (exact) mass is 283 g/mol. The van der Waals surface area contributed by atoms with Gasteiger partial charge in [0.15, 0.2) is 0 Å². The number of anilines is 1. The normalized spacial score (nSPS) is 12.6. The first-order valence-electron chi connectivity index (χ1n) is 5.75. The predicted molar refractivity (Wildman–Crippen MR) is 71.3 cm³/mol. The summed E-state index contributed by atoms with van der Waals surface area (Å²) in [6.07, 6.45) is 4.36. The van der Waals surface area contributed by atoms with Crippen LogP contribution in [0.25, 0.3) is 0 Å². The van der Waals surface area contributed by atoms with Crippen molar-refractivity contribution >= 4 is 15.7 Å². The lowest BCUT2D eigenvalue weighted by molar-refractivity contribution is 0.547. The number of H-pyrrole nitrogens is 1. The lowest BCUT2D eigenvalue weighted by Crippen LogP contribution is -2.20. The van der Waals surface area contributed by atoms with E-state index in [2.05, 4.69) is 20.0 Å². The lowest BCUT2D eigenvalue weighted by atomic mass is 9.92. The predicted octanol–water partition coefficient (Wildman–Crippen LogP) is 1.24. The summed E-state index contributed by atoms with van der Waals surface area (Å²) >= 11 is 0. The first kappa shape index (κ1) is 13.6. The second-order valence-electron chi connectivity index (χ2n) is 5.37. The molecule has 0 bridgehead atoms. The van der Waals surface area contributed by atoms with Crippen LogP contribution in [-0.4, -0.2) is 28.4 Å². The quantitative estimate of drug-likeness (QED) is 0.886. The Morgan fingerprint density at radius 2 is 2.00 bits per heavy atom. The molecule has 19 heavy (non-hydrogen) atoms. The van der Waals surface area contributed by atoms with Crippen LogP contribution < -0.4 is 4.72 Å². The first-order chi connectivity index (χ1) is 8.70. The van der Waals surface area contributed by atoms with Gasteiger partial charge in [-0.15, -0.1) is 0 Å². The van der Waals surface area contributed by atoms with E-state index in [4.69, 9.17) is 0 Å². The van der Waals surface area contributed by atoms with E-state index in [0.717, 1.165) is 0 Å². The Labute approximate surface area is 112 Å². The highest BCUT2D eigenvalue weighted by atomic mass is 32.2. The molecule has 0 amide bonds. The van der Waals surface area contributed by atoms with Crippen molar-refractivity contribution in [3.63, 3.8) is 0 Å². The van der Waals surface area contributed by atoms with Crippen LogP contribution in [-0.2, 0) is 22.5 Å². The molecule has 0 atom stereocenters. The van der Waals surface area contributed by atoms with Gasteiger partial charge in [-0.2, -0.15) is 10.2 Å². The molecule has 0 saturated carbocycles. The minimum atomic E-state index is -3.67. The number of aromatic nitrogens is 4. The third-order valence-corrected chi connectivity index (χ3v) is 3.99. The Bertz CT molecular complexity index is 678. The zero-order valence-corrected chi connectivity index (χ0v) is 12.1. The molecule has 0 aromatic carbocycles. The van der Waals surface area contributed by atoms with Gasteiger partial charge in [0.1, 0.15) is 4.90 Å². The van der Waals surface area contributed by atoms with Crippen molar-refractivity contribution in [1.29, 1.82) is 0 Å². The number of nitrogens with one attached hydrogen (secondary N) is 2. The van der Waals surface area contributed by atoms with Gasteiger partial charge in [0.2, 0.25) is 0 Å². The zero-order chi connectivity index (χ0) is 14.3. The van der Waals surface area contributed by atoms with Crippen LogP contribution in [0.3, 0.4) is 0 Å². The number of aryl methyl sites for hydroxylation is 1. The molecule has 2 N–H and O–H groups in total. The van der Waals surface area contributed by atoms with Crippen LogP contribution in [0.1, 0.15) is 26.5 Å². The molecule has 0 aliphatic carbocycles. The molecule has 0 saturated heterocycles. The smallest absolute Gasteiger partial charge is 0.265 e. The number of rotatable bonds is 3. The summed E-state index contributed by atoms with van der Waals surface area (Å²) in [5.41, 5.74) is 0.655. The third-order valence-electron chi connectivity index (χ3n) is 2.60. The van der Waals surface area contributed by atoms with Gasteiger partial charge in [-0.05, 0) is 0 Å². The summed E-state index contributed by atoms with van der Waals surface area (Å²) in [6.45, 7) is 5.76. The van der Waals surface area contributed by atoms with Crippen molar-refractivity contribution in [1.82, 2.24) is 20.0 Å². The molecule has 8 heteroatoms. The van der Waals surface area contributed by atoms with Gasteiger partial charge in [-0.25, -0.2) is 8.42 Å². The van der Waals surface area contributed by atoms with E-state index >= 15 is 0 Å². The molecule has 2 heterocycles. The Morgan fingerprint density at radius 1 is 1.32 bits per heavy atom. The molecule has 0 spiro atoms. The third kappa shape index (κ3) is 2.78. The zero-order valence-electron chi connectivity index (χ0n) is 11.3. The van der Waals surface area contributed by atoms with E-state index < -0.39 is 10.0 Å². The SMILES string of the molecule is Cn1cc(NS(=O)(=O)c2cn[nH]c2C(C)(C)C)cn1. The highest BCUT2D eigenvalue weighted by Crippen LogP contribution is 2.27.